The van der Waals surface area contributed by atoms with Crippen molar-refractivity contribution >= 4 is 19.7 Å². The van der Waals surface area contributed by atoms with E-state index in [2.05, 4.69) is 44.3 Å². The van der Waals surface area contributed by atoms with Crippen LogP contribution in [0.25, 0.3) is 0 Å². The smallest absolute Gasteiger partial charge is 0.456 e. The summed E-state index contributed by atoms with van der Waals surface area (Å²) < 4.78 is 30.5. The Morgan fingerprint density at radius 2 is 0.899 bits per heavy atom. The molecule has 0 aromatic heterocycles. The van der Waals surface area contributed by atoms with Crippen molar-refractivity contribution in [2.45, 2.75) is 290 Å². The minimum Gasteiger partial charge on any atom is -0.456 e. The summed E-state index contributed by atoms with van der Waals surface area (Å²) in [6, 6.07) is -0.873. The Bertz CT molecular complexity index is 1280. The molecule has 0 fully saturated rings. The van der Waals surface area contributed by atoms with Gasteiger partial charge in [0.1, 0.15) is 19.3 Å². The summed E-state index contributed by atoms with van der Waals surface area (Å²) in [5, 5.41) is 3.01. The molecule has 406 valence electrons. The molecule has 0 saturated heterocycles. The van der Waals surface area contributed by atoms with Crippen LogP contribution in [0.4, 0.5) is 0 Å². The number of rotatable bonds is 53. The van der Waals surface area contributed by atoms with E-state index in [-0.39, 0.29) is 37.9 Å². The Kier molecular flexibility index (Phi) is 48.5. The molecule has 0 aliphatic rings. The number of phosphoric ester groups is 1. The van der Waals surface area contributed by atoms with E-state index in [1.54, 1.807) is 0 Å². The lowest BCUT2D eigenvalue weighted by Gasteiger charge is -2.27. The Labute approximate surface area is 427 Å². The normalized spacial score (nSPS) is 14.0. The Hall–Kier alpha value is -1.77. The van der Waals surface area contributed by atoms with Crippen LogP contribution in [-0.2, 0) is 27.9 Å². The molecule has 3 unspecified atom stereocenters. The first-order valence-electron chi connectivity index (χ1n) is 29.3. The molecule has 0 saturated carbocycles. The summed E-state index contributed by atoms with van der Waals surface area (Å²) in [6.07, 6.45) is 58.8. The van der Waals surface area contributed by atoms with E-state index in [0.717, 1.165) is 51.4 Å². The van der Waals surface area contributed by atoms with Crippen LogP contribution in [0.5, 0.6) is 0 Å². The van der Waals surface area contributed by atoms with Gasteiger partial charge in [0, 0.05) is 12.8 Å². The number of likely N-dealkylation sites (N-methyl/N-ethyl adjacent to an activating group) is 1. The number of amides is 1. The molecule has 0 aromatic carbocycles. The maximum Gasteiger partial charge on any atom is 0.472 e. The van der Waals surface area contributed by atoms with Gasteiger partial charge in [-0.25, -0.2) is 4.57 Å². The van der Waals surface area contributed by atoms with Gasteiger partial charge in [-0.3, -0.25) is 18.6 Å². The molecule has 10 heteroatoms. The average Bonchev–Trinajstić information content (AvgIpc) is 3.31. The molecule has 0 radical (unpaired) electrons. The van der Waals surface area contributed by atoms with Gasteiger partial charge < -0.3 is 19.4 Å². The first kappa shape index (κ1) is 67.2. The monoisotopic (exact) mass is 994 g/mol. The lowest BCUT2D eigenvalue weighted by Crippen LogP contribution is -2.47. The number of carbonyl (C=O) groups excluding carboxylic acids is 2. The molecule has 0 bridgehead atoms. The number of hydrogen-bond donors (Lipinski definition) is 2. The predicted octanol–water partition coefficient (Wildman–Crippen LogP) is 17.6. The van der Waals surface area contributed by atoms with Gasteiger partial charge in [-0.15, -0.1) is 0 Å². The third-order valence-electron chi connectivity index (χ3n) is 13.1. The Balaban J connectivity index is 5.28. The zero-order chi connectivity index (χ0) is 50.8. The molecular formula is C59H114N2O7P+. The van der Waals surface area contributed by atoms with E-state index >= 15 is 0 Å². The molecule has 3 atom stereocenters. The van der Waals surface area contributed by atoms with Gasteiger partial charge >= 0.3 is 13.8 Å². The van der Waals surface area contributed by atoms with Crippen LogP contribution >= 0.6 is 7.82 Å². The number of ether oxygens (including phenoxy) is 1. The van der Waals surface area contributed by atoms with Crippen LogP contribution in [0.15, 0.2) is 36.5 Å². The van der Waals surface area contributed by atoms with Crippen LogP contribution in [0.3, 0.4) is 0 Å². The van der Waals surface area contributed by atoms with Gasteiger partial charge in [0.25, 0.3) is 0 Å². The van der Waals surface area contributed by atoms with Crippen LogP contribution in [0.2, 0.25) is 0 Å². The zero-order valence-electron chi connectivity index (χ0n) is 46.3. The highest BCUT2D eigenvalue weighted by molar-refractivity contribution is 7.47. The van der Waals surface area contributed by atoms with Crippen LogP contribution in [0, 0.1) is 0 Å². The third kappa shape index (κ3) is 51.0. The van der Waals surface area contributed by atoms with Gasteiger partial charge in [-0.2, -0.15) is 0 Å². The summed E-state index contributed by atoms with van der Waals surface area (Å²) in [6.45, 7) is 6.97. The summed E-state index contributed by atoms with van der Waals surface area (Å²) in [4.78, 5) is 37.5. The number of unbranched alkanes of at least 4 members (excludes halogenated alkanes) is 33. The van der Waals surface area contributed by atoms with Gasteiger partial charge in [0.05, 0.1) is 33.8 Å². The largest absolute Gasteiger partial charge is 0.472 e. The summed E-state index contributed by atoms with van der Waals surface area (Å²) in [5.74, 6) is -0.574. The van der Waals surface area contributed by atoms with Crippen molar-refractivity contribution < 1.29 is 37.3 Å². The highest BCUT2D eigenvalue weighted by atomic mass is 31.2. The highest BCUT2D eigenvalue weighted by Crippen LogP contribution is 2.43. The standard InChI is InChI=1S/C59H113N2O7P/c1-7-10-13-16-19-22-25-27-28-29-30-31-32-34-37-40-43-46-49-52-59(63)68-57(50-47-44-41-38-35-24-21-18-15-12-9-3)56(55-67-69(64,65)66-54-53-61(4,5)6)60-58(62)51-48-45-42-39-36-33-26-23-20-17-14-11-8-2/h33,36,42,45,47,50,56-57H,7-32,34-35,37-41,43-44,46,48-49,51-55H2,1-6H3,(H-,60,62,64,65)/p+1/b36-33-,45-42+,50-47-. The number of nitrogens with zero attached hydrogens (tertiary/aromatic N) is 1. The molecule has 0 aliphatic heterocycles. The number of hydrogen-bond acceptors (Lipinski definition) is 6. The second kappa shape index (κ2) is 49.8. The van der Waals surface area contributed by atoms with Crippen molar-refractivity contribution in [2.75, 3.05) is 40.9 Å². The van der Waals surface area contributed by atoms with E-state index in [9.17, 15) is 19.0 Å². The number of quaternary nitrogens is 1. The molecule has 0 spiro atoms. The summed E-state index contributed by atoms with van der Waals surface area (Å²) in [5.41, 5.74) is 0. The highest BCUT2D eigenvalue weighted by Gasteiger charge is 2.30. The molecule has 0 rings (SSSR count). The maximum atomic E-state index is 13.4. The maximum absolute atomic E-state index is 13.4. The third-order valence-corrected chi connectivity index (χ3v) is 14.1. The fraction of sp³-hybridized carbons (Fsp3) is 0.864. The molecule has 0 aliphatic carbocycles. The fourth-order valence-electron chi connectivity index (χ4n) is 8.52. The van der Waals surface area contributed by atoms with Gasteiger partial charge in [-0.1, -0.05) is 250 Å². The minimum atomic E-state index is -4.45. The molecule has 9 nitrogen and oxygen atoms in total. The van der Waals surface area contributed by atoms with E-state index in [1.807, 2.05) is 39.4 Å². The van der Waals surface area contributed by atoms with E-state index in [4.69, 9.17) is 13.8 Å². The second-order valence-electron chi connectivity index (χ2n) is 21.2. The number of carbonyl (C=O) groups is 2. The molecule has 0 heterocycles. The van der Waals surface area contributed by atoms with Crippen molar-refractivity contribution in [3.05, 3.63) is 36.5 Å². The van der Waals surface area contributed by atoms with Crippen molar-refractivity contribution in [2.24, 2.45) is 0 Å². The quantitative estimate of drug-likeness (QED) is 0.0205. The summed E-state index contributed by atoms with van der Waals surface area (Å²) >= 11 is 0. The second-order valence-corrected chi connectivity index (χ2v) is 22.6. The minimum absolute atomic E-state index is 0.0331. The van der Waals surface area contributed by atoms with Crippen molar-refractivity contribution in [3.63, 3.8) is 0 Å². The SMILES string of the molecule is CCCCCCCC/C=C\C/C=C/CCC(=O)NC(COP(=O)(O)OCC[N+](C)(C)C)C(/C=C\CCCCCCCCCCC)OC(=O)CCCCCCCCCCCCCCCCCCCCC. The van der Waals surface area contributed by atoms with Crippen LogP contribution in [0.1, 0.15) is 278 Å². The van der Waals surface area contributed by atoms with E-state index in [1.165, 1.54) is 186 Å². The number of phosphoric acid groups is 1. The van der Waals surface area contributed by atoms with Gasteiger partial charge in [0.15, 0.2) is 0 Å². The van der Waals surface area contributed by atoms with Crippen molar-refractivity contribution in [3.8, 4) is 0 Å². The number of esters is 1. The predicted molar refractivity (Wildman–Crippen MR) is 296 cm³/mol. The molecule has 69 heavy (non-hydrogen) atoms. The van der Waals surface area contributed by atoms with Crippen LogP contribution in [-0.4, -0.2) is 74.3 Å². The van der Waals surface area contributed by atoms with E-state index < -0.39 is 20.0 Å². The first-order chi connectivity index (χ1) is 33.4. The number of nitrogens with one attached hydrogen (secondary N) is 1. The number of allylic oxidation sites excluding steroid dienone is 5. The van der Waals surface area contributed by atoms with Gasteiger partial charge in [0.2, 0.25) is 5.91 Å². The Morgan fingerprint density at radius 3 is 1.33 bits per heavy atom. The first-order valence-corrected chi connectivity index (χ1v) is 30.8. The lowest BCUT2D eigenvalue weighted by atomic mass is 10.0. The molecular weight excluding hydrogens is 880 g/mol. The van der Waals surface area contributed by atoms with E-state index in [0.29, 0.717) is 17.4 Å². The van der Waals surface area contributed by atoms with Gasteiger partial charge in [-0.05, 0) is 51.0 Å². The fourth-order valence-corrected chi connectivity index (χ4v) is 9.26. The Morgan fingerprint density at radius 1 is 0.507 bits per heavy atom. The van der Waals surface area contributed by atoms with Crippen molar-refractivity contribution in [1.29, 1.82) is 0 Å². The zero-order valence-corrected chi connectivity index (χ0v) is 47.2. The lowest BCUT2D eigenvalue weighted by molar-refractivity contribution is -0.870. The summed E-state index contributed by atoms with van der Waals surface area (Å²) in [7, 11) is 1.47. The average molecular weight is 995 g/mol. The topological polar surface area (TPSA) is 111 Å². The van der Waals surface area contributed by atoms with Crippen LogP contribution < -0.4 is 5.32 Å². The molecule has 0 aromatic rings. The van der Waals surface area contributed by atoms with Crippen molar-refractivity contribution in [1.82, 2.24) is 5.32 Å². The molecule has 2 N–H and O–H groups in total. The molecule has 1 amide bonds.